The summed E-state index contributed by atoms with van der Waals surface area (Å²) < 4.78 is 0. The molecule has 1 aromatic heterocycles. The molecule has 2 N–H and O–H groups in total. The Morgan fingerprint density at radius 3 is 2.54 bits per heavy atom. The lowest BCUT2D eigenvalue weighted by molar-refractivity contribution is 0.698. The van der Waals surface area contributed by atoms with Crippen LogP contribution >= 0.6 is 35.3 Å². The van der Waals surface area contributed by atoms with Gasteiger partial charge in [0.2, 0.25) is 0 Å². The number of hydrogen-bond donors (Lipinski definition) is 2. The van der Waals surface area contributed by atoms with Gasteiger partial charge in [0.05, 0.1) is 12.6 Å². The van der Waals surface area contributed by atoms with Crippen LogP contribution in [-0.4, -0.2) is 25.6 Å². The van der Waals surface area contributed by atoms with Crippen LogP contribution in [0.1, 0.15) is 30.3 Å². The van der Waals surface area contributed by atoms with E-state index in [4.69, 9.17) is 4.99 Å². The fraction of sp³-hybridized carbons (Fsp3) is 0.350. The van der Waals surface area contributed by atoms with Crippen molar-refractivity contribution >= 4 is 47.0 Å². The molecule has 0 radical (unpaired) electrons. The molecular weight excluding hydrogens is 455 g/mol. The predicted molar refractivity (Wildman–Crippen MR) is 124 cm³/mol. The molecule has 0 saturated heterocycles. The van der Waals surface area contributed by atoms with Crippen molar-refractivity contribution in [1.29, 1.82) is 0 Å². The van der Waals surface area contributed by atoms with Gasteiger partial charge in [0.1, 0.15) is 0 Å². The van der Waals surface area contributed by atoms with Crippen LogP contribution in [0.5, 0.6) is 0 Å². The molecule has 140 valence electrons. The van der Waals surface area contributed by atoms with Crippen molar-refractivity contribution in [3.8, 4) is 0 Å². The number of thiophene rings is 1. The smallest absolute Gasteiger partial charge is 0.192 e. The summed E-state index contributed by atoms with van der Waals surface area (Å²) in [6, 6.07) is 13.2. The Hall–Kier alpha value is -1.54. The first-order chi connectivity index (χ1) is 12.3. The molecule has 3 rings (SSSR count). The molecule has 0 spiro atoms. The second-order valence-electron chi connectivity index (χ2n) is 6.12. The summed E-state index contributed by atoms with van der Waals surface area (Å²) in [7, 11) is 0. The molecule has 1 aliphatic rings. The quantitative estimate of drug-likeness (QED) is 0.275. The number of benzene rings is 1. The summed E-state index contributed by atoms with van der Waals surface area (Å²) in [5.74, 6) is 0.858. The summed E-state index contributed by atoms with van der Waals surface area (Å²) in [6.07, 6.45) is 4.42. The van der Waals surface area contributed by atoms with Gasteiger partial charge in [0.25, 0.3) is 0 Å². The van der Waals surface area contributed by atoms with Crippen molar-refractivity contribution in [3.63, 3.8) is 0 Å². The molecule has 26 heavy (non-hydrogen) atoms. The Balaban J connectivity index is 0.00000243. The lowest BCUT2D eigenvalue weighted by atomic mass is 10.2. The monoisotopic (exact) mass is 482 g/mol. The second-order valence-corrected chi connectivity index (χ2v) is 7.10. The highest BCUT2D eigenvalue weighted by molar-refractivity contribution is 14.0. The Morgan fingerprint density at radius 1 is 1.19 bits per heavy atom. The number of rotatable bonds is 6. The van der Waals surface area contributed by atoms with Crippen LogP contribution in [0.25, 0.3) is 0 Å². The number of halogens is 1. The third-order valence-electron chi connectivity index (χ3n) is 4.21. The summed E-state index contributed by atoms with van der Waals surface area (Å²) in [5.41, 5.74) is 2.49. The summed E-state index contributed by atoms with van der Waals surface area (Å²) in [6.45, 7) is 7.79. The van der Waals surface area contributed by atoms with E-state index in [1.165, 1.54) is 16.1 Å². The van der Waals surface area contributed by atoms with E-state index < -0.39 is 0 Å². The highest BCUT2D eigenvalue weighted by Crippen LogP contribution is 2.19. The first-order valence-electron chi connectivity index (χ1n) is 8.83. The van der Waals surface area contributed by atoms with Gasteiger partial charge in [-0.1, -0.05) is 30.4 Å². The number of anilines is 1. The molecule has 1 aromatic carbocycles. The van der Waals surface area contributed by atoms with E-state index in [9.17, 15) is 0 Å². The highest BCUT2D eigenvalue weighted by Gasteiger charge is 2.09. The largest absolute Gasteiger partial charge is 0.364 e. The highest BCUT2D eigenvalue weighted by atomic mass is 127. The van der Waals surface area contributed by atoms with Crippen LogP contribution < -0.4 is 15.5 Å². The first-order valence-corrected chi connectivity index (χ1v) is 9.71. The Bertz CT molecular complexity index is 702. The maximum atomic E-state index is 4.73. The number of aliphatic imine (C=N–C) groups is 1. The van der Waals surface area contributed by atoms with Crippen LogP contribution in [0.2, 0.25) is 0 Å². The van der Waals surface area contributed by atoms with Gasteiger partial charge in [-0.2, -0.15) is 0 Å². The van der Waals surface area contributed by atoms with Gasteiger partial charge < -0.3 is 15.5 Å². The average molecular weight is 482 g/mol. The molecule has 1 aliphatic heterocycles. The van der Waals surface area contributed by atoms with Crippen molar-refractivity contribution in [2.24, 2.45) is 4.99 Å². The van der Waals surface area contributed by atoms with Gasteiger partial charge in [0.15, 0.2) is 5.96 Å². The van der Waals surface area contributed by atoms with Gasteiger partial charge in [-0.25, -0.2) is 4.99 Å². The van der Waals surface area contributed by atoms with E-state index in [-0.39, 0.29) is 30.0 Å². The minimum Gasteiger partial charge on any atom is -0.364 e. The molecule has 0 saturated carbocycles. The third-order valence-corrected chi connectivity index (χ3v) is 5.26. The lowest BCUT2D eigenvalue weighted by Crippen LogP contribution is -2.38. The number of nitrogens with one attached hydrogen (secondary N) is 2. The standard InChI is InChI=1S/C20H26N4S.HI/c1-3-21-20(23-16(2)19-7-6-14-25-19)22-15-17-8-10-18(11-9-17)24-12-4-5-13-24;/h4-11,14,16H,3,12-13,15H2,1-2H3,(H2,21,22,23);1H. The molecule has 6 heteroatoms. The maximum absolute atomic E-state index is 4.73. The molecule has 2 aromatic rings. The lowest BCUT2D eigenvalue weighted by Gasteiger charge is -2.18. The zero-order chi connectivity index (χ0) is 17.5. The summed E-state index contributed by atoms with van der Waals surface area (Å²) in [4.78, 5) is 8.40. The van der Waals surface area contributed by atoms with Crippen LogP contribution in [0, 0.1) is 0 Å². The number of guanidine groups is 1. The Morgan fingerprint density at radius 2 is 1.92 bits per heavy atom. The average Bonchev–Trinajstić information content (AvgIpc) is 3.33. The number of nitrogens with zero attached hydrogens (tertiary/aromatic N) is 2. The molecule has 0 fully saturated rings. The molecule has 1 atom stereocenters. The zero-order valence-electron chi connectivity index (χ0n) is 15.3. The molecule has 0 bridgehead atoms. The van der Waals surface area contributed by atoms with Gasteiger partial charge >= 0.3 is 0 Å². The van der Waals surface area contributed by atoms with Crippen molar-refractivity contribution < 1.29 is 0 Å². The van der Waals surface area contributed by atoms with Crippen molar-refractivity contribution in [1.82, 2.24) is 10.6 Å². The van der Waals surface area contributed by atoms with Crippen LogP contribution in [0.15, 0.2) is 58.9 Å². The topological polar surface area (TPSA) is 39.7 Å². The Labute approximate surface area is 177 Å². The third kappa shape index (κ3) is 5.74. The van der Waals surface area contributed by atoms with E-state index >= 15 is 0 Å². The van der Waals surface area contributed by atoms with Crippen LogP contribution in [0.3, 0.4) is 0 Å². The fourth-order valence-electron chi connectivity index (χ4n) is 2.81. The SMILES string of the molecule is CCNC(=NCc1ccc(N2CC=CC2)cc1)NC(C)c1cccs1.I. The number of hydrogen-bond acceptors (Lipinski definition) is 3. The van der Waals surface area contributed by atoms with E-state index in [1.54, 1.807) is 11.3 Å². The van der Waals surface area contributed by atoms with Crippen molar-refractivity contribution in [2.75, 3.05) is 24.5 Å². The van der Waals surface area contributed by atoms with Gasteiger partial charge in [-0.3, -0.25) is 0 Å². The van der Waals surface area contributed by atoms with E-state index in [1.807, 2.05) is 0 Å². The first kappa shape index (κ1) is 20.8. The molecule has 0 amide bonds. The van der Waals surface area contributed by atoms with Crippen molar-refractivity contribution in [2.45, 2.75) is 26.4 Å². The van der Waals surface area contributed by atoms with Gasteiger partial charge in [-0.15, -0.1) is 35.3 Å². The van der Waals surface area contributed by atoms with Crippen LogP contribution in [0.4, 0.5) is 5.69 Å². The van der Waals surface area contributed by atoms with E-state index in [0.29, 0.717) is 6.54 Å². The predicted octanol–water partition coefficient (Wildman–Crippen LogP) is 4.56. The molecule has 0 aliphatic carbocycles. The molecule has 4 nitrogen and oxygen atoms in total. The second kappa shape index (κ2) is 10.6. The summed E-state index contributed by atoms with van der Waals surface area (Å²) in [5, 5.41) is 8.91. The minimum atomic E-state index is 0. The minimum absolute atomic E-state index is 0. The molecule has 2 heterocycles. The van der Waals surface area contributed by atoms with E-state index in [2.05, 4.69) is 83.3 Å². The van der Waals surface area contributed by atoms with Gasteiger partial charge in [0, 0.05) is 30.2 Å². The van der Waals surface area contributed by atoms with Crippen LogP contribution in [-0.2, 0) is 6.54 Å². The fourth-order valence-corrected chi connectivity index (χ4v) is 3.54. The van der Waals surface area contributed by atoms with Gasteiger partial charge in [-0.05, 0) is 43.0 Å². The molecule has 1 unspecified atom stereocenters. The zero-order valence-corrected chi connectivity index (χ0v) is 18.5. The Kier molecular flexibility index (Phi) is 8.44. The normalized spacial score (nSPS) is 14.8. The van der Waals surface area contributed by atoms with Crippen molar-refractivity contribution in [3.05, 3.63) is 64.4 Å². The molecular formula is C20H27IN4S. The summed E-state index contributed by atoms with van der Waals surface area (Å²) >= 11 is 1.76. The maximum Gasteiger partial charge on any atom is 0.192 e. The van der Waals surface area contributed by atoms with E-state index in [0.717, 1.165) is 25.6 Å².